The maximum Gasteiger partial charge on any atom is 0.422 e. The second-order valence-electron chi connectivity index (χ2n) is 6.83. The fourth-order valence-electron chi connectivity index (χ4n) is 3.07. The third kappa shape index (κ3) is 4.65. The van der Waals surface area contributed by atoms with Crippen LogP contribution in [0.4, 0.5) is 24.8 Å². The molecule has 0 spiro atoms. The van der Waals surface area contributed by atoms with E-state index in [1.54, 1.807) is 31.2 Å². The predicted molar refractivity (Wildman–Crippen MR) is 108 cm³/mol. The quantitative estimate of drug-likeness (QED) is 0.500. The highest BCUT2D eigenvalue weighted by Crippen LogP contribution is 2.23. The number of fused-ring (bicyclic) bond motifs is 1. The molecule has 3 heterocycles. The average molecular weight is 430 g/mol. The van der Waals surface area contributed by atoms with Crippen LogP contribution in [0.3, 0.4) is 0 Å². The molecule has 0 aliphatic carbocycles. The van der Waals surface area contributed by atoms with Crippen molar-refractivity contribution in [2.75, 3.05) is 11.9 Å². The van der Waals surface area contributed by atoms with Crippen molar-refractivity contribution in [1.29, 1.82) is 0 Å². The van der Waals surface area contributed by atoms with E-state index in [1.165, 1.54) is 23.0 Å². The number of alkyl halides is 3. The Hall–Kier alpha value is -3.89. The summed E-state index contributed by atoms with van der Waals surface area (Å²) in [6.45, 7) is 2.25. The third-order valence-electron chi connectivity index (χ3n) is 4.30. The Morgan fingerprint density at radius 1 is 1.10 bits per heavy atom. The Morgan fingerprint density at radius 3 is 2.52 bits per heavy atom. The van der Waals surface area contributed by atoms with E-state index >= 15 is 0 Å². The van der Waals surface area contributed by atoms with Crippen molar-refractivity contribution in [2.45, 2.75) is 20.0 Å². The molecule has 4 rings (SSSR count). The second kappa shape index (κ2) is 7.74. The third-order valence-corrected chi connectivity index (χ3v) is 4.30. The molecule has 2 N–H and O–H groups in total. The van der Waals surface area contributed by atoms with Gasteiger partial charge in [-0.25, -0.2) is 15.0 Å². The van der Waals surface area contributed by atoms with Crippen molar-refractivity contribution in [2.24, 2.45) is 0 Å². The molecule has 31 heavy (non-hydrogen) atoms. The van der Waals surface area contributed by atoms with Gasteiger partial charge in [-0.15, -0.1) is 0 Å². The first-order chi connectivity index (χ1) is 14.7. The van der Waals surface area contributed by atoms with Gasteiger partial charge in [0.15, 0.2) is 6.61 Å². The van der Waals surface area contributed by atoms with E-state index in [0.717, 1.165) is 5.69 Å². The maximum absolute atomic E-state index is 12.3. The van der Waals surface area contributed by atoms with Gasteiger partial charge in [-0.3, -0.25) is 14.6 Å². The Labute approximate surface area is 173 Å². The number of nitrogens with one attached hydrogen (secondary N) is 2. The number of aromatic amines is 1. The van der Waals surface area contributed by atoms with Crippen molar-refractivity contribution < 1.29 is 17.9 Å². The van der Waals surface area contributed by atoms with E-state index in [1.807, 2.05) is 6.92 Å². The number of ether oxygens (including phenoxy) is 1. The smallest absolute Gasteiger partial charge is 0.422 e. The fraction of sp³-hybridized carbons (Fsp3) is 0.200. The molecule has 160 valence electrons. The molecule has 1 aromatic carbocycles. The van der Waals surface area contributed by atoms with Crippen molar-refractivity contribution in [1.82, 2.24) is 24.7 Å². The molecule has 4 aromatic rings. The van der Waals surface area contributed by atoms with Crippen LogP contribution in [0.2, 0.25) is 0 Å². The van der Waals surface area contributed by atoms with Crippen molar-refractivity contribution in [3.63, 3.8) is 0 Å². The van der Waals surface area contributed by atoms with Gasteiger partial charge >= 0.3 is 6.18 Å². The average Bonchev–Trinajstić information content (AvgIpc) is 3.01. The molecular weight excluding hydrogens is 413 g/mol. The molecule has 0 aliphatic heterocycles. The lowest BCUT2D eigenvalue weighted by atomic mass is 10.2. The topological polar surface area (TPSA) is 97.7 Å². The molecule has 0 fully saturated rings. The molecule has 0 saturated heterocycles. The summed E-state index contributed by atoms with van der Waals surface area (Å²) in [4.78, 5) is 25.1. The molecule has 0 radical (unpaired) electrons. The Kier molecular flexibility index (Phi) is 5.09. The van der Waals surface area contributed by atoms with Gasteiger partial charge in [0.25, 0.3) is 5.56 Å². The lowest BCUT2D eigenvalue weighted by Gasteiger charge is -2.10. The number of aromatic nitrogens is 5. The van der Waals surface area contributed by atoms with Gasteiger partial charge in [-0.2, -0.15) is 13.2 Å². The van der Waals surface area contributed by atoms with Crippen LogP contribution in [0, 0.1) is 13.8 Å². The summed E-state index contributed by atoms with van der Waals surface area (Å²) in [5.41, 5.74) is 1.52. The molecular formula is C20H17F3N6O2. The van der Waals surface area contributed by atoms with E-state index in [-0.39, 0.29) is 11.3 Å². The standard InChI is InChI=1S/C20H17F3N6O2/c1-11-7-18(26-12(2)25-11)27-17-8-16-15(9-24-17)19(30)28-29(16)13-3-5-14(6-4-13)31-10-20(21,22)23/h3-9H,10H2,1-2H3,(H,28,30)(H,24,25,26,27). The van der Waals surface area contributed by atoms with Crippen LogP contribution in [-0.2, 0) is 0 Å². The van der Waals surface area contributed by atoms with E-state index in [2.05, 4.69) is 25.4 Å². The maximum atomic E-state index is 12.3. The van der Waals surface area contributed by atoms with Crippen molar-refractivity contribution >= 4 is 22.5 Å². The SMILES string of the molecule is Cc1cc(Nc2cc3c(cn2)c(=O)[nH]n3-c2ccc(OCC(F)(F)F)cc2)nc(C)n1. The zero-order valence-electron chi connectivity index (χ0n) is 16.5. The number of halogens is 3. The van der Waals surface area contributed by atoms with Crippen LogP contribution in [0.5, 0.6) is 5.75 Å². The lowest BCUT2D eigenvalue weighted by molar-refractivity contribution is -0.153. The van der Waals surface area contributed by atoms with Gasteiger partial charge < -0.3 is 10.1 Å². The highest BCUT2D eigenvalue weighted by atomic mass is 19.4. The van der Waals surface area contributed by atoms with Gasteiger partial charge in [-0.1, -0.05) is 0 Å². The number of anilines is 2. The van der Waals surface area contributed by atoms with Gasteiger partial charge in [0.1, 0.15) is 23.2 Å². The highest BCUT2D eigenvalue weighted by molar-refractivity contribution is 5.82. The molecule has 8 nitrogen and oxygen atoms in total. The van der Waals surface area contributed by atoms with Crippen LogP contribution < -0.4 is 15.6 Å². The van der Waals surface area contributed by atoms with Crippen molar-refractivity contribution in [3.05, 3.63) is 64.5 Å². The fourth-order valence-corrected chi connectivity index (χ4v) is 3.07. The number of pyridine rings is 1. The van der Waals surface area contributed by atoms with Gasteiger partial charge in [0.05, 0.1) is 16.6 Å². The van der Waals surface area contributed by atoms with E-state index in [9.17, 15) is 18.0 Å². The monoisotopic (exact) mass is 430 g/mol. The summed E-state index contributed by atoms with van der Waals surface area (Å²) in [5, 5.41) is 6.15. The number of nitrogens with zero attached hydrogens (tertiary/aromatic N) is 4. The zero-order valence-corrected chi connectivity index (χ0v) is 16.5. The molecule has 3 aromatic heterocycles. The van der Waals surface area contributed by atoms with Crippen LogP contribution in [0.25, 0.3) is 16.6 Å². The second-order valence-corrected chi connectivity index (χ2v) is 6.83. The zero-order chi connectivity index (χ0) is 22.2. The van der Waals surface area contributed by atoms with Crippen LogP contribution in [-0.4, -0.2) is 37.5 Å². The first kappa shape index (κ1) is 20.4. The number of hydrogen-bond acceptors (Lipinski definition) is 6. The van der Waals surface area contributed by atoms with Gasteiger partial charge in [-0.05, 0) is 38.1 Å². The molecule has 0 aliphatic rings. The highest BCUT2D eigenvalue weighted by Gasteiger charge is 2.28. The van der Waals surface area contributed by atoms with Crippen molar-refractivity contribution in [3.8, 4) is 11.4 Å². The Balaban J connectivity index is 1.65. The summed E-state index contributed by atoms with van der Waals surface area (Å²) in [5.74, 6) is 1.70. The first-order valence-corrected chi connectivity index (χ1v) is 9.18. The summed E-state index contributed by atoms with van der Waals surface area (Å²) >= 11 is 0. The van der Waals surface area contributed by atoms with E-state index in [4.69, 9.17) is 4.74 Å². The van der Waals surface area contributed by atoms with Gasteiger partial charge in [0.2, 0.25) is 0 Å². The Morgan fingerprint density at radius 2 is 1.84 bits per heavy atom. The molecule has 0 bridgehead atoms. The summed E-state index contributed by atoms with van der Waals surface area (Å²) in [7, 11) is 0. The molecule has 0 amide bonds. The van der Waals surface area contributed by atoms with E-state index < -0.39 is 12.8 Å². The number of hydrogen-bond donors (Lipinski definition) is 2. The summed E-state index contributed by atoms with van der Waals surface area (Å²) < 4.78 is 43.2. The summed E-state index contributed by atoms with van der Waals surface area (Å²) in [6, 6.07) is 9.34. The molecule has 11 heteroatoms. The molecule has 0 atom stereocenters. The number of aryl methyl sites for hydroxylation is 2. The van der Waals surface area contributed by atoms with Crippen LogP contribution in [0.1, 0.15) is 11.5 Å². The minimum Gasteiger partial charge on any atom is -0.484 e. The number of benzene rings is 1. The molecule has 0 unspecified atom stereocenters. The minimum atomic E-state index is -4.42. The van der Waals surface area contributed by atoms with E-state index in [0.29, 0.717) is 34.1 Å². The van der Waals surface area contributed by atoms with Crippen LogP contribution >= 0.6 is 0 Å². The predicted octanol–water partition coefficient (Wildman–Crippen LogP) is 3.81. The molecule has 0 saturated carbocycles. The Bertz CT molecular complexity index is 1280. The largest absolute Gasteiger partial charge is 0.484 e. The van der Waals surface area contributed by atoms with Crippen LogP contribution in [0.15, 0.2) is 47.4 Å². The summed E-state index contributed by atoms with van der Waals surface area (Å²) in [6.07, 6.45) is -2.98. The number of H-pyrrole nitrogens is 1. The van der Waals surface area contributed by atoms with Gasteiger partial charge in [0, 0.05) is 24.0 Å². The minimum absolute atomic E-state index is 0.0680. The first-order valence-electron chi connectivity index (χ1n) is 9.18. The lowest BCUT2D eigenvalue weighted by Crippen LogP contribution is -2.19. The normalized spacial score (nSPS) is 11.6. The number of rotatable bonds is 5.